The molecule has 0 aliphatic heterocycles. The molecule has 0 fully saturated rings. The van der Waals surface area contributed by atoms with Gasteiger partial charge in [-0.1, -0.05) is 12.1 Å². The molecule has 0 amide bonds. The van der Waals surface area contributed by atoms with Crippen LogP contribution in [-0.2, 0) is 6.54 Å². The van der Waals surface area contributed by atoms with Gasteiger partial charge >= 0.3 is 0 Å². The van der Waals surface area contributed by atoms with Crippen molar-refractivity contribution in [3.05, 3.63) is 29.6 Å². The van der Waals surface area contributed by atoms with Gasteiger partial charge in [0.1, 0.15) is 5.82 Å². The number of rotatable bonds is 2. The normalized spacial score (nSPS) is 10.0. The highest BCUT2D eigenvalue weighted by Gasteiger charge is 2.07. The molecule has 0 aromatic heterocycles. The van der Waals surface area contributed by atoms with Crippen LogP contribution in [0.2, 0.25) is 0 Å². The van der Waals surface area contributed by atoms with Gasteiger partial charge in [0.15, 0.2) is 0 Å². The first kappa shape index (κ1) is 9.00. The van der Waals surface area contributed by atoms with E-state index in [-0.39, 0.29) is 5.82 Å². The first-order valence-corrected chi connectivity index (χ1v) is 3.81. The molecule has 2 nitrogen and oxygen atoms in total. The van der Waals surface area contributed by atoms with Crippen LogP contribution < -0.4 is 10.6 Å². The van der Waals surface area contributed by atoms with Crippen LogP contribution in [0.25, 0.3) is 0 Å². The molecular weight excluding hydrogens is 155 g/mol. The summed E-state index contributed by atoms with van der Waals surface area (Å²) in [5.74, 6) is -0.219. The highest BCUT2D eigenvalue weighted by atomic mass is 19.1. The summed E-state index contributed by atoms with van der Waals surface area (Å²) in [6.07, 6.45) is 0. The van der Waals surface area contributed by atoms with Crippen LogP contribution in [0.3, 0.4) is 0 Å². The third kappa shape index (κ3) is 1.56. The average molecular weight is 168 g/mol. The minimum absolute atomic E-state index is 0.219. The Kier molecular flexibility index (Phi) is 2.65. The number of benzene rings is 1. The molecule has 2 N–H and O–H groups in total. The molecule has 0 unspecified atom stereocenters. The van der Waals surface area contributed by atoms with Gasteiger partial charge in [0.25, 0.3) is 0 Å². The zero-order valence-corrected chi connectivity index (χ0v) is 7.34. The molecule has 0 aliphatic carbocycles. The van der Waals surface area contributed by atoms with E-state index in [1.54, 1.807) is 25.1 Å². The van der Waals surface area contributed by atoms with Gasteiger partial charge in [-0.05, 0) is 11.6 Å². The van der Waals surface area contributed by atoms with Crippen molar-refractivity contribution in [1.82, 2.24) is 0 Å². The molecule has 66 valence electrons. The lowest BCUT2D eigenvalue weighted by atomic mass is 10.1. The van der Waals surface area contributed by atoms with Gasteiger partial charge in [-0.2, -0.15) is 0 Å². The Morgan fingerprint density at radius 3 is 2.50 bits per heavy atom. The summed E-state index contributed by atoms with van der Waals surface area (Å²) in [5, 5.41) is 0. The van der Waals surface area contributed by atoms with E-state index < -0.39 is 0 Å². The third-order valence-electron chi connectivity index (χ3n) is 1.74. The van der Waals surface area contributed by atoms with Crippen molar-refractivity contribution in [3.8, 4) is 0 Å². The monoisotopic (exact) mass is 168 g/mol. The molecule has 0 heterocycles. The Labute approximate surface area is 71.8 Å². The fourth-order valence-electron chi connectivity index (χ4n) is 1.23. The van der Waals surface area contributed by atoms with E-state index in [0.29, 0.717) is 12.2 Å². The number of hydrogen-bond acceptors (Lipinski definition) is 2. The minimum Gasteiger partial charge on any atom is -0.375 e. The second-order valence-corrected chi connectivity index (χ2v) is 2.85. The lowest BCUT2D eigenvalue weighted by molar-refractivity contribution is 0.623. The van der Waals surface area contributed by atoms with Crippen molar-refractivity contribution in [2.45, 2.75) is 6.54 Å². The molecule has 0 saturated carbocycles. The molecule has 0 aliphatic rings. The molecule has 12 heavy (non-hydrogen) atoms. The second-order valence-electron chi connectivity index (χ2n) is 2.85. The van der Waals surface area contributed by atoms with Crippen molar-refractivity contribution in [1.29, 1.82) is 0 Å². The SMILES string of the molecule is CN(C)c1c(F)cccc1CN. The highest BCUT2D eigenvalue weighted by molar-refractivity contribution is 5.53. The first-order valence-electron chi connectivity index (χ1n) is 3.81. The molecular formula is C9H13FN2. The molecule has 1 rings (SSSR count). The third-order valence-corrected chi connectivity index (χ3v) is 1.74. The highest BCUT2D eigenvalue weighted by Crippen LogP contribution is 2.21. The zero-order valence-electron chi connectivity index (χ0n) is 7.34. The van der Waals surface area contributed by atoms with Crippen molar-refractivity contribution in [2.75, 3.05) is 19.0 Å². The van der Waals surface area contributed by atoms with Crippen LogP contribution in [0.1, 0.15) is 5.56 Å². The van der Waals surface area contributed by atoms with Gasteiger partial charge in [-0.25, -0.2) is 4.39 Å². The zero-order chi connectivity index (χ0) is 9.14. The second kappa shape index (κ2) is 3.54. The molecule has 0 spiro atoms. The van der Waals surface area contributed by atoms with Gasteiger partial charge in [0.2, 0.25) is 0 Å². The summed E-state index contributed by atoms with van der Waals surface area (Å²) in [6.45, 7) is 0.366. The Morgan fingerprint density at radius 1 is 1.42 bits per heavy atom. The number of para-hydroxylation sites is 1. The fourth-order valence-corrected chi connectivity index (χ4v) is 1.23. The van der Waals surface area contributed by atoms with Gasteiger partial charge in [-0.15, -0.1) is 0 Å². The van der Waals surface area contributed by atoms with Crippen molar-refractivity contribution in [3.63, 3.8) is 0 Å². The minimum atomic E-state index is -0.219. The molecule has 0 atom stereocenters. The molecule has 0 saturated heterocycles. The molecule has 1 aromatic carbocycles. The van der Waals surface area contributed by atoms with Gasteiger partial charge < -0.3 is 10.6 Å². The summed E-state index contributed by atoms with van der Waals surface area (Å²) >= 11 is 0. The molecule has 0 radical (unpaired) electrons. The van der Waals surface area contributed by atoms with E-state index in [9.17, 15) is 4.39 Å². The van der Waals surface area contributed by atoms with Crippen LogP contribution in [0.5, 0.6) is 0 Å². The summed E-state index contributed by atoms with van der Waals surface area (Å²) in [5.41, 5.74) is 6.88. The number of nitrogens with two attached hydrogens (primary N) is 1. The number of hydrogen-bond donors (Lipinski definition) is 1. The quantitative estimate of drug-likeness (QED) is 0.722. The van der Waals surface area contributed by atoms with E-state index >= 15 is 0 Å². The average Bonchev–Trinajstić information content (AvgIpc) is 2.03. The van der Waals surface area contributed by atoms with Crippen LogP contribution in [0.15, 0.2) is 18.2 Å². The Balaban J connectivity index is 3.20. The van der Waals surface area contributed by atoms with E-state index in [1.165, 1.54) is 6.07 Å². The van der Waals surface area contributed by atoms with E-state index in [0.717, 1.165) is 5.56 Å². The molecule has 0 bridgehead atoms. The molecule has 3 heteroatoms. The summed E-state index contributed by atoms with van der Waals surface area (Å²) < 4.78 is 13.2. The molecule has 1 aromatic rings. The first-order chi connectivity index (χ1) is 5.66. The maximum absolute atomic E-state index is 13.2. The fraction of sp³-hybridized carbons (Fsp3) is 0.333. The standard InChI is InChI=1S/C9H13FN2/c1-12(2)9-7(6-11)4-3-5-8(9)10/h3-5H,6,11H2,1-2H3. The predicted octanol–water partition coefficient (Wildman–Crippen LogP) is 1.35. The van der Waals surface area contributed by atoms with E-state index in [4.69, 9.17) is 5.73 Å². The largest absolute Gasteiger partial charge is 0.375 e. The van der Waals surface area contributed by atoms with E-state index in [2.05, 4.69) is 0 Å². The van der Waals surface area contributed by atoms with Crippen molar-refractivity contribution in [2.24, 2.45) is 5.73 Å². The number of anilines is 1. The summed E-state index contributed by atoms with van der Waals surface area (Å²) in [6, 6.07) is 4.94. The number of halogens is 1. The topological polar surface area (TPSA) is 29.3 Å². The van der Waals surface area contributed by atoms with E-state index in [1.807, 2.05) is 6.07 Å². The van der Waals surface area contributed by atoms with Crippen LogP contribution in [0.4, 0.5) is 10.1 Å². The Hall–Kier alpha value is -1.09. The van der Waals surface area contributed by atoms with Crippen molar-refractivity contribution < 1.29 is 4.39 Å². The lowest BCUT2D eigenvalue weighted by Crippen LogP contribution is -2.14. The number of nitrogens with zero attached hydrogens (tertiary/aromatic N) is 1. The summed E-state index contributed by atoms with van der Waals surface area (Å²) in [4.78, 5) is 1.73. The maximum atomic E-state index is 13.2. The lowest BCUT2D eigenvalue weighted by Gasteiger charge is -2.17. The summed E-state index contributed by atoms with van der Waals surface area (Å²) in [7, 11) is 3.61. The Morgan fingerprint density at radius 2 is 2.08 bits per heavy atom. The van der Waals surface area contributed by atoms with Gasteiger partial charge in [0, 0.05) is 20.6 Å². The Bertz CT molecular complexity index is 271. The van der Waals surface area contributed by atoms with Crippen molar-refractivity contribution >= 4 is 5.69 Å². The van der Waals surface area contributed by atoms with Crippen LogP contribution in [-0.4, -0.2) is 14.1 Å². The maximum Gasteiger partial charge on any atom is 0.146 e. The van der Waals surface area contributed by atoms with Gasteiger partial charge in [0.05, 0.1) is 5.69 Å². The van der Waals surface area contributed by atoms with Crippen LogP contribution in [0, 0.1) is 5.82 Å². The van der Waals surface area contributed by atoms with Crippen LogP contribution >= 0.6 is 0 Å². The smallest absolute Gasteiger partial charge is 0.146 e. The predicted molar refractivity (Wildman–Crippen MR) is 48.6 cm³/mol. The van der Waals surface area contributed by atoms with Gasteiger partial charge in [-0.3, -0.25) is 0 Å².